The van der Waals surface area contributed by atoms with Crippen LogP contribution >= 0.6 is 0 Å². The quantitative estimate of drug-likeness (QED) is 0.527. The summed E-state index contributed by atoms with van der Waals surface area (Å²) in [5, 5.41) is 6.70. The predicted octanol–water partition coefficient (Wildman–Crippen LogP) is 3.87. The number of anilines is 3. The zero-order valence-corrected chi connectivity index (χ0v) is 14.9. The summed E-state index contributed by atoms with van der Waals surface area (Å²) < 4.78 is 1.95. The summed E-state index contributed by atoms with van der Waals surface area (Å²) in [5.74, 6) is 1.27. The van der Waals surface area contributed by atoms with E-state index in [9.17, 15) is 4.91 Å². The van der Waals surface area contributed by atoms with Crippen LogP contribution in [0, 0.1) is 4.91 Å². The molecule has 8 nitrogen and oxygen atoms in total. The highest BCUT2D eigenvalue weighted by Crippen LogP contribution is 2.37. The van der Waals surface area contributed by atoms with E-state index in [1.54, 1.807) is 24.7 Å². The van der Waals surface area contributed by atoms with Crippen LogP contribution in [0.5, 0.6) is 0 Å². The Balaban J connectivity index is 1.60. The summed E-state index contributed by atoms with van der Waals surface area (Å²) in [4.78, 5) is 24.0. The van der Waals surface area contributed by atoms with Crippen LogP contribution in [0.3, 0.4) is 0 Å². The van der Waals surface area contributed by atoms with Crippen molar-refractivity contribution in [3.63, 3.8) is 0 Å². The molecule has 0 amide bonds. The Labute approximate surface area is 160 Å². The molecule has 1 atom stereocenters. The number of imidazole rings is 1. The van der Waals surface area contributed by atoms with Gasteiger partial charge in [-0.1, -0.05) is 11.2 Å². The lowest BCUT2D eigenvalue weighted by molar-refractivity contribution is 0.710. The number of fused-ring (bicyclic) bond motifs is 2. The average molecular weight is 371 g/mol. The molecule has 0 fully saturated rings. The van der Waals surface area contributed by atoms with E-state index in [1.165, 1.54) is 0 Å². The monoisotopic (exact) mass is 371 g/mol. The van der Waals surface area contributed by atoms with Crippen molar-refractivity contribution in [3.8, 4) is 11.3 Å². The van der Waals surface area contributed by atoms with Gasteiger partial charge in [-0.2, -0.15) is 4.91 Å². The second-order valence-electron chi connectivity index (χ2n) is 6.78. The molecule has 4 aromatic rings. The molecular weight excluding hydrogens is 354 g/mol. The molecule has 0 saturated carbocycles. The molecule has 0 bridgehead atoms. The van der Waals surface area contributed by atoms with Gasteiger partial charge in [0.1, 0.15) is 23.4 Å². The van der Waals surface area contributed by atoms with Gasteiger partial charge in [0.15, 0.2) is 5.65 Å². The number of nitroso groups, excluding NO2 is 1. The Kier molecular flexibility index (Phi) is 3.75. The van der Waals surface area contributed by atoms with Crippen molar-refractivity contribution in [1.29, 1.82) is 0 Å². The minimum absolute atomic E-state index is 0.234. The molecule has 28 heavy (non-hydrogen) atoms. The van der Waals surface area contributed by atoms with Gasteiger partial charge in [-0.05, 0) is 48.2 Å². The van der Waals surface area contributed by atoms with Crippen molar-refractivity contribution in [2.75, 3.05) is 11.1 Å². The average Bonchev–Trinajstić information content (AvgIpc) is 3.30. The van der Waals surface area contributed by atoms with E-state index in [0.29, 0.717) is 5.82 Å². The van der Waals surface area contributed by atoms with Crippen molar-refractivity contribution in [2.24, 2.45) is 5.18 Å². The molecular formula is C20H17N7O. The maximum absolute atomic E-state index is 11.0. The highest BCUT2D eigenvalue weighted by molar-refractivity contribution is 5.79. The molecule has 5 rings (SSSR count). The third-order valence-electron chi connectivity index (χ3n) is 5.07. The van der Waals surface area contributed by atoms with Gasteiger partial charge in [0.25, 0.3) is 0 Å². The minimum atomic E-state index is -0.234. The lowest BCUT2D eigenvalue weighted by Crippen LogP contribution is -1.99. The first-order valence-corrected chi connectivity index (χ1v) is 8.99. The number of hydrogen-bond donors (Lipinski definition) is 2. The summed E-state index contributed by atoms with van der Waals surface area (Å²) in [6.07, 6.45) is 8.62. The first kappa shape index (κ1) is 16.4. The number of nitrogens with two attached hydrogens (primary N) is 1. The minimum Gasteiger partial charge on any atom is -0.384 e. The molecule has 1 aliphatic rings. The molecule has 3 aromatic heterocycles. The molecule has 3 N–H and O–H groups in total. The second-order valence-corrected chi connectivity index (χ2v) is 6.78. The van der Waals surface area contributed by atoms with E-state index >= 15 is 0 Å². The van der Waals surface area contributed by atoms with Gasteiger partial charge < -0.3 is 11.1 Å². The van der Waals surface area contributed by atoms with Gasteiger partial charge in [-0.15, -0.1) is 0 Å². The van der Waals surface area contributed by atoms with Crippen molar-refractivity contribution in [3.05, 3.63) is 71.2 Å². The Bertz CT molecular complexity index is 1180. The van der Waals surface area contributed by atoms with E-state index < -0.39 is 0 Å². The Morgan fingerprint density at radius 1 is 1.21 bits per heavy atom. The zero-order chi connectivity index (χ0) is 19.1. The van der Waals surface area contributed by atoms with Gasteiger partial charge >= 0.3 is 0 Å². The van der Waals surface area contributed by atoms with Crippen LogP contribution in [0.4, 0.5) is 17.3 Å². The smallest absolute Gasteiger partial charge is 0.157 e. The maximum Gasteiger partial charge on any atom is 0.157 e. The number of pyridine rings is 1. The highest BCUT2D eigenvalue weighted by atomic mass is 16.3. The van der Waals surface area contributed by atoms with Crippen LogP contribution in [-0.2, 0) is 6.42 Å². The van der Waals surface area contributed by atoms with Crippen LogP contribution in [-0.4, -0.2) is 19.4 Å². The number of nitrogens with one attached hydrogen (secondary N) is 1. The third kappa shape index (κ3) is 2.66. The summed E-state index contributed by atoms with van der Waals surface area (Å²) in [6.45, 7) is 0. The predicted molar refractivity (Wildman–Crippen MR) is 107 cm³/mol. The fraction of sp³-hybridized carbons (Fsp3) is 0.150. The zero-order valence-electron chi connectivity index (χ0n) is 14.9. The number of aromatic nitrogens is 4. The highest BCUT2D eigenvalue weighted by Gasteiger charge is 2.23. The molecule has 0 radical (unpaired) electrons. The summed E-state index contributed by atoms with van der Waals surface area (Å²) in [6, 6.07) is 9.43. The van der Waals surface area contributed by atoms with E-state index in [2.05, 4.69) is 26.5 Å². The number of benzene rings is 1. The van der Waals surface area contributed by atoms with Crippen molar-refractivity contribution in [2.45, 2.75) is 18.9 Å². The van der Waals surface area contributed by atoms with Crippen molar-refractivity contribution in [1.82, 2.24) is 19.4 Å². The SMILES string of the molecule is Nc1ccc(-c2nc3cnccn3c2Nc2ccc3c(c2)CCC3N=O)cn1. The van der Waals surface area contributed by atoms with Crippen LogP contribution < -0.4 is 11.1 Å². The van der Waals surface area contributed by atoms with E-state index in [0.717, 1.165) is 52.4 Å². The van der Waals surface area contributed by atoms with E-state index in [-0.39, 0.29) is 6.04 Å². The molecule has 1 aliphatic carbocycles. The standard InChI is InChI=1S/C20H17N7O/c21-17-6-2-13(10-23-17)19-20(27-8-7-22-11-18(27)25-19)24-14-3-4-15-12(9-14)1-5-16(15)26-28/h2-4,6-11,16,24H,1,5H2,(H2,21,23). The molecule has 1 aromatic carbocycles. The van der Waals surface area contributed by atoms with Crippen molar-refractivity contribution >= 4 is 23.0 Å². The Morgan fingerprint density at radius 2 is 2.14 bits per heavy atom. The van der Waals surface area contributed by atoms with Crippen LogP contribution in [0.15, 0.2) is 60.3 Å². The maximum atomic E-state index is 11.0. The molecule has 138 valence electrons. The van der Waals surface area contributed by atoms with Gasteiger partial charge in [0.2, 0.25) is 0 Å². The lowest BCUT2D eigenvalue weighted by atomic mass is 10.1. The fourth-order valence-corrected chi connectivity index (χ4v) is 3.69. The molecule has 3 heterocycles. The molecule has 1 unspecified atom stereocenters. The fourth-order valence-electron chi connectivity index (χ4n) is 3.69. The summed E-state index contributed by atoms with van der Waals surface area (Å²) in [5.41, 5.74) is 11.2. The van der Waals surface area contributed by atoms with Crippen LogP contribution in [0.25, 0.3) is 16.9 Å². The lowest BCUT2D eigenvalue weighted by Gasteiger charge is -2.11. The molecule has 0 spiro atoms. The van der Waals surface area contributed by atoms with E-state index in [4.69, 9.17) is 10.7 Å². The van der Waals surface area contributed by atoms with Gasteiger partial charge in [0, 0.05) is 29.8 Å². The molecule has 0 aliphatic heterocycles. The summed E-state index contributed by atoms with van der Waals surface area (Å²) in [7, 11) is 0. The Morgan fingerprint density at radius 3 is 2.96 bits per heavy atom. The van der Waals surface area contributed by atoms with Crippen LogP contribution in [0.1, 0.15) is 23.6 Å². The number of nitrogen functional groups attached to an aromatic ring is 1. The normalized spacial score (nSPS) is 15.5. The number of aryl methyl sites for hydroxylation is 1. The van der Waals surface area contributed by atoms with Crippen LogP contribution in [0.2, 0.25) is 0 Å². The van der Waals surface area contributed by atoms with Gasteiger partial charge in [0.05, 0.1) is 6.20 Å². The first-order valence-electron chi connectivity index (χ1n) is 8.99. The number of hydrogen-bond acceptors (Lipinski definition) is 7. The van der Waals surface area contributed by atoms with E-state index in [1.807, 2.05) is 28.8 Å². The van der Waals surface area contributed by atoms with Crippen molar-refractivity contribution < 1.29 is 0 Å². The van der Waals surface area contributed by atoms with Gasteiger partial charge in [-0.25, -0.2) is 9.97 Å². The molecule has 0 saturated heterocycles. The number of nitrogens with zero attached hydrogens (tertiary/aromatic N) is 5. The topological polar surface area (TPSA) is 111 Å². The van der Waals surface area contributed by atoms with Gasteiger partial charge in [-0.3, -0.25) is 9.38 Å². The largest absolute Gasteiger partial charge is 0.384 e. The summed E-state index contributed by atoms with van der Waals surface area (Å²) >= 11 is 0. The molecule has 8 heteroatoms. The third-order valence-corrected chi connectivity index (χ3v) is 5.07. The second kappa shape index (κ2) is 6.41. The first-order chi connectivity index (χ1) is 13.7. The number of rotatable bonds is 4. The Hall–Kier alpha value is -3.81.